The molecule has 6 heteroatoms. The normalized spacial score (nSPS) is 23.2. The topological polar surface area (TPSA) is 42.3 Å². The summed E-state index contributed by atoms with van der Waals surface area (Å²) in [6.45, 7) is 24.3. The maximum atomic E-state index is 10.5. The Morgan fingerprint density at radius 2 is 1.82 bits per heavy atom. The number of aliphatic imine (C=N–C) groups is 1. The maximum absolute atomic E-state index is 10.5. The summed E-state index contributed by atoms with van der Waals surface area (Å²) < 4.78 is 0. The molecule has 2 fully saturated rings. The van der Waals surface area contributed by atoms with Crippen LogP contribution in [-0.2, 0) is 0 Å². The smallest absolute Gasteiger partial charge is 0.107 e. The number of hydrogen-bond acceptors (Lipinski definition) is 5. The molecule has 1 atom stereocenters. The van der Waals surface area contributed by atoms with Crippen LogP contribution in [0.2, 0.25) is 0 Å². The van der Waals surface area contributed by atoms with E-state index in [0.29, 0.717) is 24.4 Å². The lowest BCUT2D eigenvalue weighted by molar-refractivity contribution is 0.0235. The Morgan fingerprint density at radius 3 is 2.38 bits per heavy atom. The van der Waals surface area contributed by atoms with E-state index in [1.54, 1.807) is 12.3 Å². The lowest BCUT2D eigenvalue weighted by atomic mass is 9.99. The summed E-state index contributed by atoms with van der Waals surface area (Å²) in [6, 6.07) is 1.09. The zero-order chi connectivity index (χ0) is 25.1. The largest absolute Gasteiger partial charge is 0.511 e. The van der Waals surface area contributed by atoms with Gasteiger partial charge >= 0.3 is 0 Å². The van der Waals surface area contributed by atoms with Crippen molar-refractivity contribution in [3.63, 3.8) is 0 Å². The third kappa shape index (κ3) is 9.03. The standard InChI is InChI=1S/C28H43ClN4O/c1-7-24(9-10-26(29)8-2)20-31-13-11-27(12-14-31)33-16-15-32(19-23(33)5)21-28(34)17-25(18-30-6)22(3)4/h7,9-10,17-18,23,27,34H,1,3,6,8,11-16,19-21H2,2,4-5H3/b24-9+,25-18+,26-10+,28-17+. The van der Waals surface area contributed by atoms with E-state index in [0.717, 1.165) is 61.9 Å². The summed E-state index contributed by atoms with van der Waals surface area (Å²) in [4.78, 5) is 11.3. The lowest BCUT2D eigenvalue weighted by Gasteiger charge is -2.46. The molecule has 5 nitrogen and oxygen atoms in total. The molecule has 34 heavy (non-hydrogen) atoms. The van der Waals surface area contributed by atoms with E-state index in [9.17, 15) is 5.11 Å². The van der Waals surface area contributed by atoms with Gasteiger partial charge in [-0.2, -0.15) is 0 Å². The van der Waals surface area contributed by atoms with Crippen LogP contribution in [0.15, 0.2) is 76.2 Å². The number of halogens is 1. The molecule has 1 unspecified atom stereocenters. The second-order valence-corrected chi connectivity index (χ2v) is 9.91. The Balaban J connectivity index is 1.85. The summed E-state index contributed by atoms with van der Waals surface area (Å²) in [5.74, 6) is 0.341. The van der Waals surface area contributed by atoms with Gasteiger partial charge in [0.25, 0.3) is 0 Å². The summed E-state index contributed by atoms with van der Waals surface area (Å²) in [5, 5.41) is 11.4. The molecule has 0 aliphatic carbocycles. The van der Waals surface area contributed by atoms with Crippen LogP contribution in [0.4, 0.5) is 0 Å². The van der Waals surface area contributed by atoms with Crippen LogP contribution in [0, 0.1) is 0 Å². The highest BCUT2D eigenvalue weighted by molar-refractivity contribution is 6.29. The van der Waals surface area contributed by atoms with Crippen molar-refractivity contribution in [1.29, 1.82) is 0 Å². The van der Waals surface area contributed by atoms with Gasteiger partial charge in [-0.05, 0) is 81.8 Å². The van der Waals surface area contributed by atoms with Gasteiger partial charge in [0, 0.05) is 49.5 Å². The summed E-state index contributed by atoms with van der Waals surface area (Å²) in [5.41, 5.74) is 2.89. The van der Waals surface area contributed by atoms with Crippen LogP contribution < -0.4 is 0 Å². The predicted molar refractivity (Wildman–Crippen MR) is 148 cm³/mol. The summed E-state index contributed by atoms with van der Waals surface area (Å²) >= 11 is 6.14. The van der Waals surface area contributed by atoms with Gasteiger partial charge in [-0.15, -0.1) is 0 Å². The number of allylic oxidation sites excluding steroid dienone is 6. The zero-order valence-corrected chi connectivity index (χ0v) is 22.1. The quantitative estimate of drug-likeness (QED) is 0.231. The van der Waals surface area contributed by atoms with Crippen LogP contribution in [0.5, 0.6) is 0 Å². The highest BCUT2D eigenvalue weighted by atomic mass is 35.5. The van der Waals surface area contributed by atoms with Crippen molar-refractivity contribution >= 4 is 18.3 Å². The van der Waals surface area contributed by atoms with Crippen molar-refractivity contribution in [1.82, 2.24) is 14.7 Å². The monoisotopic (exact) mass is 486 g/mol. The molecule has 0 bridgehead atoms. The Morgan fingerprint density at radius 1 is 1.12 bits per heavy atom. The first-order valence-electron chi connectivity index (χ1n) is 12.4. The van der Waals surface area contributed by atoms with Gasteiger partial charge in [-0.25, -0.2) is 0 Å². The zero-order valence-electron chi connectivity index (χ0n) is 21.3. The number of aliphatic hydroxyl groups excluding tert-OH is 1. The molecule has 2 aliphatic heterocycles. The number of nitrogens with zero attached hydrogens (tertiary/aromatic N) is 4. The van der Waals surface area contributed by atoms with E-state index in [1.807, 2.05) is 19.1 Å². The van der Waals surface area contributed by atoms with E-state index in [1.165, 1.54) is 18.4 Å². The number of piperidine rings is 1. The second kappa shape index (κ2) is 14.5. The lowest BCUT2D eigenvalue weighted by Crippen LogP contribution is -2.57. The molecule has 2 aliphatic rings. The fourth-order valence-electron chi connectivity index (χ4n) is 4.72. The fourth-order valence-corrected chi connectivity index (χ4v) is 4.79. The van der Waals surface area contributed by atoms with E-state index in [2.05, 4.69) is 59.5 Å². The van der Waals surface area contributed by atoms with Gasteiger partial charge in [0.15, 0.2) is 0 Å². The minimum atomic E-state index is 0.341. The summed E-state index contributed by atoms with van der Waals surface area (Å²) in [6.07, 6.45) is 12.6. The molecule has 188 valence electrons. The molecule has 0 amide bonds. The third-order valence-electron chi connectivity index (χ3n) is 6.70. The SMILES string of the molecule is C=C/C(=C\C=C(\Cl)CC)CN1CCC(N2CCN(C/C(O)=C\C(=C/N=C)C(=C)C)CC2C)CC1. The average molecular weight is 487 g/mol. The van der Waals surface area contributed by atoms with Gasteiger partial charge in [0.2, 0.25) is 0 Å². The molecule has 2 rings (SSSR count). The van der Waals surface area contributed by atoms with E-state index in [-0.39, 0.29) is 0 Å². The Bertz CT molecular complexity index is 833. The predicted octanol–water partition coefficient (Wildman–Crippen LogP) is 5.70. The van der Waals surface area contributed by atoms with Crippen molar-refractivity contribution in [2.75, 3.05) is 45.8 Å². The first-order chi connectivity index (χ1) is 16.3. The highest BCUT2D eigenvalue weighted by Gasteiger charge is 2.31. The average Bonchev–Trinajstić information content (AvgIpc) is 2.81. The molecular formula is C28H43ClN4O. The molecule has 0 aromatic heterocycles. The van der Waals surface area contributed by atoms with Crippen molar-refractivity contribution in [2.45, 2.75) is 52.1 Å². The van der Waals surface area contributed by atoms with E-state index in [4.69, 9.17) is 11.6 Å². The van der Waals surface area contributed by atoms with E-state index >= 15 is 0 Å². The Kier molecular flexibility index (Phi) is 12.1. The Hall–Kier alpha value is -1.92. The first kappa shape index (κ1) is 28.3. The Labute approximate surface area is 212 Å². The van der Waals surface area contributed by atoms with Gasteiger partial charge in [-0.1, -0.05) is 43.8 Å². The molecule has 0 radical (unpaired) electrons. The number of rotatable bonds is 11. The maximum Gasteiger partial charge on any atom is 0.107 e. The number of piperazine rings is 1. The molecule has 0 spiro atoms. The fraction of sp³-hybridized carbons (Fsp3) is 0.536. The molecule has 0 saturated carbocycles. The minimum Gasteiger partial charge on any atom is -0.511 e. The third-order valence-corrected chi connectivity index (χ3v) is 7.10. The van der Waals surface area contributed by atoms with Crippen LogP contribution >= 0.6 is 11.6 Å². The van der Waals surface area contributed by atoms with Crippen molar-refractivity contribution in [3.05, 3.63) is 71.2 Å². The minimum absolute atomic E-state index is 0.341. The number of likely N-dealkylation sites (tertiary alicyclic amines) is 1. The first-order valence-corrected chi connectivity index (χ1v) is 12.7. The molecule has 0 aromatic rings. The van der Waals surface area contributed by atoms with Crippen LogP contribution in [0.1, 0.15) is 40.0 Å². The van der Waals surface area contributed by atoms with Crippen LogP contribution in [0.3, 0.4) is 0 Å². The van der Waals surface area contributed by atoms with Crippen LogP contribution in [-0.4, -0.2) is 84.4 Å². The number of aliphatic hydroxyl groups is 1. The van der Waals surface area contributed by atoms with Crippen molar-refractivity contribution < 1.29 is 5.11 Å². The molecular weight excluding hydrogens is 444 g/mol. The van der Waals surface area contributed by atoms with E-state index < -0.39 is 0 Å². The van der Waals surface area contributed by atoms with Crippen molar-refractivity contribution in [2.24, 2.45) is 4.99 Å². The van der Waals surface area contributed by atoms with Gasteiger partial charge in [-0.3, -0.25) is 19.7 Å². The van der Waals surface area contributed by atoms with Gasteiger partial charge in [0.1, 0.15) is 5.76 Å². The molecule has 0 aromatic carbocycles. The summed E-state index contributed by atoms with van der Waals surface area (Å²) in [7, 11) is 0. The van der Waals surface area contributed by atoms with Gasteiger partial charge in [0.05, 0.1) is 6.54 Å². The van der Waals surface area contributed by atoms with Crippen molar-refractivity contribution in [3.8, 4) is 0 Å². The molecule has 2 heterocycles. The second-order valence-electron chi connectivity index (χ2n) is 9.43. The molecule has 1 N–H and O–H groups in total. The van der Waals surface area contributed by atoms with Gasteiger partial charge < -0.3 is 5.11 Å². The molecule has 2 saturated heterocycles. The highest BCUT2D eigenvalue weighted by Crippen LogP contribution is 2.23. The van der Waals surface area contributed by atoms with Crippen LogP contribution in [0.25, 0.3) is 0 Å². The number of hydrogen-bond donors (Lipinski definition) is 1.